The maximum atomic E-state index is 13.1. The monoisotopic (exact) mass is 525 g/mol. The third-order valence-electron chi connectivity index (χ3n) is 8.51. The Kier molecular flexibility index (Phi) is 8.25. The van der Waals surface area contributed by atoms with Gasteiger partial charge in [0.2, 0.25) is 0 Å². The number of hydrogen-bond acceptors (Lipinski definition) is 5. The van der Waals surface area contributed by atoms with Crippen molar-refractivity contribution >= 4 is 23.4 Å². The minimum Gasteiger partial charge on any atom is -0.343 e. The highest BCUT2D eigenvalue weighted by atomic mass is 32.1. The quantitative estimate of drug-likeness (QED) is 0.352. The van der Waals surface area contributed by atoms with Crippen molar-refractivity contribution in [3.05, 3.63) is 40.0 Å². The number of nitrogens with zero attached hydrogens (tertiary/aromatic N) is 1. The van der Waals surface area contributed by atoms with Gasteiger partial charge in [-0.25, -0.2) is 0 Å². The Morgan fingerprint density at radius 1 is 1.08 bits per heavy atom. The van der Waals surface area contributed by atoms with Gasteiger partial charge in [0.15, 0.2) is 0 Å². The van der Waals surface area contributed by atoms with Gasteiger partial charge in [-0.2, -0.15) is 9.59 Å². The number of rotatable bonds is 6. The van der Waals surface area contributed by atoms with Crippen LogP contribution in [0.4, 0.5) is 0 Å². The molecule has 7 heteroatoms. The van der Waals surface area contributed by atoms with E-state index in [-0.39, 0.29) is 28.9 Å². The number of thiazole rings is 1. The molecule has 0 saturated heterocycles. The summed E-state index contributed by atoms with van der Waals surface area (Å²) in [5, 5.41) is 14.9. The molecule has 3 aliphatic carbocycles. The zero-order valence-corrected chi connectivity index (χ0v) is 23.5. The van der Waals surface area contributed by atoms with E-state index in [0.29, 0.717) is 10.9 Å². The molecule has 1 heterocycles. The van der Waals surface area contributed by atoms with Crippen LogP contribution in [-0.4, -0.2) is 23.3 Å². The molecule has 0 aliphatic heterocycles. The first-order valence-electron chi connectivity index (χ1n) is 13.8. The third kappa shape index (κ3) is 6.32. The SMILES string of the molecule is CC(C)(C)c1cc(-c2sc(C(=O)NC3CCC3)[n+](O)c2CC2CCCCC2)cc(C2(C)CC2)c1.O=C=O. The van der Waals surface area contributed by atoms with Gasteiger partial charge in [0.05, 0.1) is 0 Å². The Labute approximate surface area is 224 Å². The van der Waals surface area contributed by atoms with Crippen LogP contribution in [0.15, 0.2) is 18.2 Å². The van der Waals surface area contributed by atoms with Gasteiger partial charge in [-0.15, -0.1) is 0 Å². The molecule has 3 fully saturated rings. The van der Waals surface area contributed by atoms with Gasteiger partial charge in [0.1, 0.15) is 4.88 Å². The number of nitrogens with one attached hydrogen (secondary N) is 1. The summed E-state index contributed by atoms with van der Waals surface area (Å²) < 4.78 is 1.24. The van der Waals surface area contributed by atoms with E-state index < -0.39 is 0 Å². The lowest BCUT2D eigenvalue weighted by Crippen LogP contribution is -2.46. The Bertz CT molecular complexity index is 1140. The average molecular weight is 526 g/mol. The normalized spacial score (nSPS) is 19.2. The molecule has 0 unspecified atom stereocenters. The standard InChI is InChI=1S/C29H40N2O2S.CO2/c1-28(2,3)21-16-20(17-22(18-21)29(4)13-14-29)25-24(15-19-9-6-5-7-10-19)31(33)27(34-25)26(32)30-23-11-8-12-23;2-1-3/h16-19,23H,5-15H2,1-4H3,(H-,30,32,33);/p+1. The highest BCUT2D eigenvalue weighted by Crippen LogP contribution is 2.49. The molecule has 1 aromatic carbocycles. The van der Waals surface area contributed by atoms with Gasteiger partial charge in [-0.05, 0) is 90.5 Å². The predicted octanol–water partition coefficient (Wildman–Crippen LogP) is 6.11. The molecule has 3 aliphatic rings. The van der Waals surface area contributed by atoms with Gasteiger partial charge in [0, 0.05) is 17.2 Å². The van der Waals surface area contributed by atoms with E-state index in [2.05, 4.69) is 51.2 Å². The summed E-state index contributed by atoms with van der Waals surface area (Å²) in [6.07, 6.45) is 13.1. The minimum absolute atomic E-state index is 0.0381. The molecule has 6 nitrogen and oxygen atoms in total. The largest absolute Gasteiger partial charge is 0.377 e. The molecule has 0 bridgehead atoms. The van der Waals surface area contributed by atoms with Crippen molar-refractivity contribution in [3.63, 3.8) is 0 Å². The maximum Gasteiger partial charge on any atom is 0.377 e. The van der Waals surface area contributed by atoms with Crippen molar-refractivity contribution in [3.8, 4) is 10.4 Å². The van der Waals surface area contributed by atoms with Crippen LogP contribution in [0, 0.1) is 5.92 Å². The van der Waals surface area contributed by atoms with E-state index in [0.717, 1.165) is 35.4 Å². The van der Waals surface area contributed by atoms with Crippen molar-refractivity contribution in [1.82, 2.24) is 5.32 Å². The van der Waals surface area contributed by atoms with Gasteiger partial charge in [-0.1, -0.05) is 64.4 Å². The van der Waals surface area contributed by atoms with Crippen molar-refractivity contribution in [1.29, 1.82) is 0 Å². The topological polar surface area (TPSA) is 87.3 Å². The van der Waals surface area contributed by atoms with Crippen LogP contribution in [0.5, 0.6) is 0 Å². The van der Waals surface area contributed by atoms with Crippen LogP contribution in [0.1, 0.15) is 119 Å². The fourth-order valence-corrected chi connectivity index (χ4v) is 6.51. The molecule has 1 amide bonds. The van der Waals surface area contributed by atoms with Gasteiger partial charge in [-0.3, -0.25) is 10.0 Å². The van der Waals surface area contributed by atoms with Crippen LogP contribution in [0.25, 0.3) is 10.4 Å². The summed E-state index contributed by atoms with van der Waals surface area (Å²) in [4.78, 5) is 30.5. The molecule has 0 atom stereocenters. The fraction of sp³-hybridized carbons (Fsp3) is 0.633. The summed E-state index contributed by atoms with van der Waals surface area (Å²) in [5.41, 5.74) is 5.12. The van der Waals surface area contributed by atoms with Crippen LogP contribution < -0.4 is 10.0 Å². The molecule has 200 valence electrons. The fourth-order valence-electron chi connectivity index (χ4n) is 5.45. The van der Waals surface area contributed by atoms with E-state index in [1.807, 2.05) is 0 Å². The number of hydrogen-bond donors (Lipinski definition) is 2. The molecular weight excluding hydrogens is 484 g/mol. The number of carbonyl (C=O) groups is 1. The number of amides is 1. The first-order valence-corrected chi connectivity index (χ1v) is 14.6. The molecular formula is C30H41N2O4S+. The Balaban J connectivity index is 0.00000102. The van der Waals surface area contributed by atoms with Crippen LogP contribution in [0.2, 0.25) is 0 Å². The summed E-state index contributed by atoms with van der Waals surface area (Å²) in [6.45, 7) is 9.17. The molecule has 5 rings (SSSR count). The summed E-state index contributed by atoms with van der Waals surface area (Å²) >= 11 is 1.47. The average Bonchev–Trinajstić information content (AvgIpc) is 3.51. The smallest absolute Gasteiger partial charge is 0.343 e. The Hall–Kier alpha value is -2.50. The van der Waals surface area contributed by atoms with Crippen molar-refractivity contribution < 1.29 is 24.3 Å². The van der Waals surface area contributed by atoms with Gasteiger partial charge in [0.25, 0.3) is 5.69 Å². The highest BCUT2D eigenvalue weighted by molar-refractivity contribution is 7.16. The first kappa shape index (κ1) is 27.5. The second kappa shape index (κ2) is 11.1. The maximum absolute atomic E-state index is 13.1. The lowest BCUT2D eigenvalue weighted by Gasteiger charge is -2.25. The molecule has 3 saturated carbocycles. The Morgan fingerprint density at radius 3 is 2.27 bits per heavy atom. The molecule has 37 heavy (non-hydrogen) atoms. The second-order valence-electron chi connectivity index (χ2n) is 12.5. The molecule has 2 aromatic rings. The first-order chi connectivity index (χ1) is 17.6. The summed E-state index contributed by atoms with van der Waals surface area (Å²) in [5.74, 6) is 0.448. The van der Waals surface area contributed by atoms with Crippen molar-refractivity contribution in [2.45, 2.75) is 115 Å². The van der Waals surface area contributed by atoms with Crippen LogP contribution in [-0.2, 0) is 26.8 Å². The third-order valence-corrected chi connectivity index (χ3v) is 9.74. The summed E-state index contributed by atoms with van der Waals surface area (Å²) in [7, 11) is 0. The zero-order valence-electron chi connectivity index (χ0n) is 22.7. The van der Waals surface area contributed by atoms with Gasteiger partial charge < -0.3 is 5.32 Å². The number of benzene rings is 1. The number of aromatic nitrogens is 1. The van der Waals surface area contributed by atoms with Crippen LogP contribution >= 0.6 is 11.3 Å². The van der Waals surface area contributed by atoms with E-state index in [1.165, 1.54) is 78.6 Å². The molecule has 0 radical (unpaired) electrons. The van der Waals surface area contributed by atoms with E-state index in [9.17, 15) is 10.0 Å². The zero-order chi connectivity index (χ0) is 26.8. The molecule has 0 spiro atoms. The molecule has 1 aromatic heterocycles. The van der Waals surface area contributed by atoms with Crippen LogP contribution in [0.3, 0.4) is 0 Å². The van der Waals surface area contributed by atoms with E-state index >= 15 is 0 Å². The van der Waals surface area contributed by atoms with E-state index in [1.54, 1.807) is 0 Å². The van der Waals surface area contributed by atoms with E-state index in [4.69, 9.17) is 9.59 Å². The van der Waals surface area contributed by atoms with Crippen molar-refractivity contribution in [2.75, 3.05) is 0 Å². The minimum atomic E-state index is -0.130. The van der Waals surface area contributed by atoms with Gasteiger partial charge >= 0.3 is 17.1 Å². The number of carbonyl (C=O) groups excluding carboxylic acids is 3. The summed E-state index contributed by atoms with van der Waals surface area (Å²) in [6, 6.07) is 7.29. The lowest BCUT2D eigenvalue weighted by molar-refractivity contribution is -0.907. The molecule has 2 N–H and O–H groups in total. The van der Waals surface area contributed by atoms with Crippen molar-refractivity contribution in [2.24, 2.45) is 5.92 Å². The lowest BCUT2D eigenvalue weighted by atomic mass is 9.82. The predicted molar refractivity (Wildman–Crippen MR) is 143 cm³/mol. The Morgan fingerprint density at radius 2 is 1.73 bits per heavy atom. The second-order valence-corrected chi connectivity index (χ2v) is 13.5. The highest BCUT2D eigenvalue weighted by Gasteiger charge is 2.41.